The second-order valence-electron chi connectivity index (χ2n) is 26.8. The lowest BCUT2D eigenvalue weighted by atomic mass is 9.98. The van der Waals surface area contributed by atoms with Crippen LogP contribution in [0.4, 0.5) is 4.79 Å². The van der Waals surface area contributed by atoms with E-state index >= 15 is 0 Å². The molecule has 24 nitrogen and oxygen atoms in total. The minimum absolute atomic E-state index is 0.000577. The zero-order valence-electron chi connectivity index (χ0n) is 60.8. The number of fused-ring (bicyclic) bond motifs is 9. The number of ether oxygens (including phenoxy) is 9. The smallest absolute Gasteiger partial charge is 0.407 e. The first-order chi connectivity index (χ1) is 51.9. The molecule has 106 heavy (non-hydrogen) atoms. The van der Waals surface area contributed by atoms with Gasteiger partial charge in [-0.3, -0.25) is 48.4 Å². The van der Waals surface area contributed by atoms with E-state index in [0.29, 0.717) is 131 Å². The number of esters is 2. The van der Waals surface area contributed by atoms with Gasteiger partial charge in [-0.2, -0.15) is 0 Å². The van der Waals surface area contributed by atoms with E-state index in [4.69, 9.17) is 42.6 Å². The van der Waals surface area contributed by atoms with Crippen molar-refractivity contribution in [2.24, 2.45) is 0 Å². The number of carboxylic acids is 1. The first-order valence-electron chi connectivity index (χ1n) is 37.3. The SMILES string of the molecule is O=C(O)CN1CCN(CC(=O)CCCOCCOCCNC(=O)OCC2c3ccccc3-c3ccccc32)CCN(CC(=O)NCCOCCOCCCC(=O)OCC2c3ccccc3-c3ccccc32)CCN(CC(=O)NCCOCCOCCCC(=O)OCC2c3ccccc3-c3ccccc32)CC1. The summed E-state index contributed by atoms with van der Waals surface area (Å²) in [6.45, 7) is 8.15. The molecule has 1 fully saturated rings. The van der Waals surface area contributed by atoms with Crippen LogP contribution in [0.25, 0.3) is 33.4 Å². The Morgan fingerprint density at radius 3 is 0.925 bits per heavy atom. The Hall–Kier alpha value is -8.79. The third-order valence-corrected chi connectivity index (χ3v) is 19.4. The molecule has 24 heteroatoms. The molecule has 0 spiro atoms. The number of rotatable bonds is 44. The van der Waals surface area contributed by atoms with Crippen molar-refractivity contribution in [2.45, 2.75) is 56.3 Å². The number of carbonyl (C=O) groups excluding carboxylic acids is 6. The molecule has 6 aromatic carbocycles. The van der Waals surface area contributed by atoms with Crippen molar-refractivity contribution < 1.29 is 81.3 Å². The summed E-state index contributed by atoms with van der Waals surface area (Å²) in [4.78, 5) is 98.6. The van der Waals surface area contributed by atoms with Crippen molar-refractivity contribution in [3.8, 4) is 33.4 Å². The first kappa shape index (κ1) is 79.8. The summed E-state index contributed by atoms with van der Waals surface area (Å²) in [5, 5.41) is 18.6. The van der Waals surface area contributed by atoms with Gasteiger partial charge < -0.3 is 63.7 Å². The molecule has 1 heterocycles. The summed E-state index contributed by atoms with van der Waals surface area (Å²) >= 11 is 0. The largest absolute Gasteiger partial charge is 0.480 e. The monoisotopic (exact) mass is 1460 g/mol. The Kier molecular flexibility index (Phi) is 32.9. The van der Waals surface area contributed by atoms with Crippen LogP contribution in [0.15, 0.2) is 146 Å². The molecule has 0 saturated carbocycles. The number of nitrogens with zero attached hydrogens (tertiary/aromatic N) is 4. The van der Waals surface area contributed by atoms with E-state index in [1.807, 2.05) is 92.4 Å². The number of carbonyl (C=O) groups is 7. The van der Waals surface area contributed by atoms with Crippen molar-refractivity contribution in [1.29, 1.82) is 0 Å². The number of ketones is 1. The van der Waals surface area contributed by atoms with Crippen molar-refractivity contribution in [3.63, 3.8) is 0 Å². The van der Waals surface area contributed by atoms with Gasteiger partial charge in [-0.25, -0.2) is 4.79 Å². The number of hydrogen-bond donors (Lipinski definition) is 4. The van der Waals surface area contributed by atoms with Crippen molar-refractivity contribution in [3.05, 3.63) is 179 Å². The zero-order valence-corrected chi connectivity index (χ0v) is 60.8. The van der Waals surface area contributed by atoms with Gasteiger partial charge in [0.1, 0.15) is 25.6 Å². The lowest BCUT2D eigenvalue weighted by Crippen LogP contribution is -2.50. The molecule has 4 aliphatic rings. The number of hydrogen-bond acceptors (Lipinski definition) is 20. The topological polar surface area (TPSA) is 272 Å². The van der Waals surface area contributed by atoms with Crippen LogP contribution >= 0.6 is 0 Å². The minimum Gasteiger partial charge on any atom is -0.480 e. The number of Topliss-reactive ketones (excluding diaryl/α,β-unsaturated/α-hetero) is 1. The average molecular weight is 1460 g/mol. The highest BCUT2D eigenvalue weighted by Gasteiger charge is 2.32. The van der Waals surface area contributed by atoms with Crippen LogP contribution in [-0.4, -0.2) is 264 Å². The minimum atomic E-state index is -0.996. The highest BCUT2D eigenvalue weighted by Crippen LogP contribution is 2.47. The molecule has 0 unspecified atom stereocenters. The fourth-order valence-corrected chi connectivity index (χ4v) is 14.0. The Morgan fingerprint density at radius 2 is 0.594 bits per heavy atom. The third-order valence-electron chi connectivity index (χ3n) is 19.4. The van der Waals surface area contributed by atoms with Crippen molar-refractivity contribution in [1.82, 2.24) is 35.6 Å². The van der Waals surface area contributed by atoms with E-state index in [9.17, 15) is 38.7 Å². The Bertz CT molecular complexity index is 3500. The normalized spacial score (nSPS) is 14.9. The Morgan fingerprint density at radius 1 is 0.321 bits per heavy atom. The predicted molar refractivity (Wildman–Crippen MR) is 399 cm³/mol. The molecule has 10 rings (SSSR count). The molecule has 4 N–H and O–H groups in total. The third kappa shape index (κ3) is 25.2. The Labute approximate surface area is 621 Å². The summed E-state index contributed by atoms with van der Waals surface area (Å²) in [6, 6.07) is 49.3. The molecule has 3 aliphatic carbocycles. The van der Waals surface area contributed by atoms with Crippen molar-refractivity contribution in [2.75, 3.05) is 197 Å². The van der Waals surface area contributed by atoms with Gasteiger partial charge in [-0.05, 0) is 86.0 Å². The van der Waals surface area contributed by atoms with Gasteiger partial charge in [0.05, 0.1) is 85.6 Å². The second kappa shape index (κ2) is 43.7. The maximum atomic E-state index is 13.6. The molecule has 0 bridgehead atoms. The molecule has 0 aromatic heterocycles. The standard InChI is InChI=1S/C82H103N7O17/c90-61(16-13-42-98-48-53-103-47-33-85-82(97)106-60-76-72-27-11-5-21-66(72)67-22-6-12-28-73(67)76)54-86-34-36-87(55-77(91)83-31-45-101-51-49-99-43-14-29-80(95)104-58-74-68-23-7-1-17-62(68)63-18-2-8-24-69(63)74)37-38-88(39-41-89(40-35-86)57-79(93)94)56-78(92)84-32-46-102-52-50-100-44-15-30-81(96)105-59-75-70-25-9-3-19-64(70)65-20-4-10-26-71(65)75/h1-12,17-28,74-76H,13-16,29-60H2,(H,83,91)(H,84,92)(H,85,97)(H,93,94). The van der Waals surface area contributed by atoms with Gasteiger partial charge in [0.15, 0.2) is 0 Å². The maximum Gasteiger partial charge on any atom is 0.407 e. The number of alkyl carbamates (subject to hydrolysis) is 1. The molecular weight excluding hydrogens is 1350 g/mol. The molecule has 568 valence electrons. The van der Waals surface area contributed by atoms with E-state index in [1.165, 1.54) is 22.3 Å². The number of benzene rings is 6. The fraction of sp³-hybridized carbons (Fsp3) is 0.476. The van der Waals surface area contributed by atoms with E-state index in [-0.39, 0.29) is 152 Å². The summed E-state index contributed by atoms with van der Waals surface area (Å²) in [7, 11) is 0. The van der Waals surface area contributed by atoms with Gasteiger partial charge in [0.2, 0.25) is 11.8 Å². The average Bonchev–Trinajstić information content (AvgIpc) is 1.63. The van der Waals surface area contributed by atoms with Gasteiger partial charge in [0, 0.05) is 129 Å². The van der Waals surface area contributed by atoms with Crippen LogP contribution < -0.4 is 16.0 Å². The molecule has 6 aromatic rings. The summed E-state index contributed by atoms with van der Waals surface area (Å²) in [5.74, 6) is -2.04. The van der Waals surface area contributed by atoms with Crippen LogP contribution in [0.5, 0.6) is 0 Å². The fourth-order valence-electron chi connectivity index (χ4n) is 14.0. The molecular formula is C82H103N7O17. The lowest BCUT2D eigenvalue weighted by molar-refractivity contribution is -0.145. The van der Waals surface area contributed by atoms with Crippen molar-refractivity contribution >= 4 is 41.6 Å². The Balaban J connectivity index is 0.606. The van der Waals surface area contributed by atoms with Gasteiger partial charge >= 0.3 is 24.0 Å². The van der Waals surface area contributed by atoms with Crippen LogP contribution in [-0.2, 0) is 71.4 Å². The van der Waals surface area contributed by atoms with Gasteiger partial charge in [-0.15, -0.1) is 0 Å². The lowest BCUT2D eigenvalue weighted by Gasteiger charge is -2.33. The summed E-state index contributed by atoms with van der Waals surface area (Å²) < 4.78 is 51.5. The molecule has 0 atom stereocenters. The number of nitrogens with one attached hydrogen (secondary N) is 3. The van der Waals surface area contributed by atoms with Gasteiger partial charge in [0.25, 0.3) is 0 Å². The molecule has 3 amide bonds. The number of carboxylic acid groups (broad SMARTS) is 1. The predicted octanol–water partition coefficient (Wildman–Crippen LogP) is 7.78. The van der Waals surface area contributed by atoms with Crippen LogP contribution in [0.2, 0.25) is 0 Å². The maximum absolute atomic E-state index is 13.6. The molecule has 0 radical (unpaired) electrons. The second-order valence-corrected chi connectivity index (χ2v) is 26.8. The quantitative estimate of drug-likeness (QED) is 0.0161. The van der Waals surface area contributed by atoms with E-state index in [0.717, 1.165) is 44.5 Å². The highest BCUT2D eigenvalue weighted by molar-refractivity contribution is 5.83. The highest BCUT2D eigenvalue weighted by atomic mass is 16.6. The summed E-state index contributed by atoms with van der Waals surface area (Å²) in [6.07, 6.45) is 1.70. The van der Waals surface area contributed by atoms with Gasteiger partial charge in [-0.1, -0.05) is 146 Å². The van der Waals surface area contributed by atoms with Crippen LogP contribution in [0.1, 0.15) is 89.7 Å². The van der Waals surface area contributed by atoms with E-state index < -0.39 is 12.1 Å². The van der Waals surface area contributed by atoms with E-state index in [1.54, 1.807) is 0 Å². The van der Waals surface area contributed by atoms with Crippen LogP contribution in [0.3, 0.4) is 0 Å². The zero-order chi connectivity index (χ0) is 73.9. The molecule has 1 saturated heterocycles. The molecule has 1 aliphatic heterocycles. The number of aliphatic carboxylic acids is 1. The first-order valence-corrected chi connectivity index (χ1v) is 37.3. The summed E-state index contributed by atoms with van der Waals surface area (Å²) in [5.41, 5.74) is 14.0. The van der Waals surface area contributed by atoms with Crippen LogP contribution in [0, 0.1) is 0 Å². The van der Waals surface area contributed by atoms with E-state index in [2.05, 4.69) is 88.7 Å². The number of amides is 3.